The lowest BCUT2D eigenvalue weighted by Crippen LogP contribution is -2.57. The standard InChI is InChI=1S/C27H27NO3S/c1-31-26(30)22-14-27(15-22)16-23(17-27)28-25(29)24-21(11-12-32-24)13-18-7-9-20(10-8-18)19-5-3-2-4-6-19/h2-12,22-23H,13-17H2,1H3,(H,28,29). The molecule has 2 saturated carbocycles. The van der Waals surface area contributed by atoms with Crippen LogP contribution in [-0.4, -0.2) is 25.0 Å². The minimum atomic E-state index is -0.0943. The number of benzene rings is 2. The SMILES string of the molecule is COC(=O)C1CC2(CC(NC(=O)c3sccc3Cc3ccc(-c4ccccc4)cc3)C2)C1. The molecule has 5 heteroatoms. The maximum absolute atomic E-state index is 12.9. The van der Waals surface area contributed by atoms with Gasteiger partial charge in [0.05, 0.1) is 17.9 Å². The summed E-state index contributed by atoms with van der Waals surface area (Å²) in [5.74, 6) is -0.0171. The van der Waals surface area contributed by atoms with Gasteiger partial charge in [0.25, 0.3) is 5.91 Å². The van der Waals surface area contributed by atoms with Gasteiger partial charge in [0, 0.05) is 6.04 Å². The number of carbonyl (C=O) groups is 2. The number of rotatable bonds is 6. The molecular formula is C27H27NO3S. The number of thiophene rings is 1. The van der Waals surface area contributed by atoms with E-state index in [9.17, 15) is 9.59 Å². The van der Waals surface area contributed by atoms with Crippen LogP contribution in [0, 0.1) is 11.3 Å². The molecule has 2 fully saturated rings. The first-order valence-corrected chi connectivity index (χ1v) is 12.0. The predicted octanol–water partition coefficient (Wildman–Crippen LogP) is 5.47. The average molecular weight is 446 g/mol. The van der Waals surface area contributed by atoms with E-state index in [2.05, 4.69) is 47.8 Å². The van der Waals surface area contributed by atoms with Crippen LogP contribution in [0.5, 0.6) is 0 Å². The van der Waals surface area contributed by atoms with Crippen LogP contribution >= 0.6 is 11.3 Å². The van der Waals surface area contributed by atoms with Crippen molar-refractivity contribution in [1.29, 1.82) is 0 Å². The van der Waals surface area contributed by atoms with E-state index in [0.717, 1.165) is 42.5 Å². The molecule has 5 rings (SSSR count). The summed E-state index contributed by atoms with van der Waals surface area (Å²) in [6, 6.07) is 21.2. The van der Waals surface area contributed by atoms with Gasteiger partial charge in [0.2, 0.25) is 0 Å². The molecule has 0 aliphatic heterocycles. The molecule has 2 aliphatic rings. The van der Waals surface area contributed by atoms with Crippen molar-refractivity contribution in [3.63, 3.8) is 0 Å². The third kappa shape index (κ3) is 4.09. The van der Waals surface area contributed by atoms with E-state index in [4.69, 9.17) is 4.74 Å². The molecule has 1 N–H and O–H groups in total. The number of methoxy groups -OCH3 is 1. The molecule has 32 heavy (non-hydrogen) atoms. The number of esters is 1. The third-order valence-electron chi connectivity index (χ3n) is 7.00. The molecule has 2 aliphatic carbocycles. The zero-order valence-electron chi connectivity index (χ0n) is 18.2. The Morgan fingerprint density at radius 2 is 1.66 bits per heavy atom. The molecule has 0 saturated heterocycles. The Labute approximate surface area is 192 Å². The maximum Gasteiger partial charge on any atom is 0.308 e. The molecule has 2 aromatic carbocycles. The van der Waals surface area contributed by atoms with Crippen molar-refractivity contribution in [1.82, 2.24) is 5.32 Å². The molecule has 0 atom stereocenters. The smallest absolute Gasteiger partial charge is 0.308 e. The van der Waals surface area contributed by atoms with Gasteiger partial charge in [-0.05, 0) is 71.2 Å². The zero-order chi connectivity index (χ0) is 22.1. The van der Waals surface area contributed by atoms with E-state index < -0.39 is 0 Å². The van der Waals surface area contributed by atoms with Crippen molar-refractivity contribution in [2.45, 2.75) is 38.1 Å². The number of ether oxygens (including phenoxy) is 1. The largest absolute Gasteiger partial charge is 0.469 e. The lowest BCUT2D eigenvalue weighted by atomic mass is 9.50. The van der Waals surface area contributed by atoms with Gasteiger partial charge in [0.15, 0.2) is 0 Å². The number of hydrogen-bond donors (Lipinski definition) is 1. The van der Waals surface area contributed by atoms with Crippen molar-refractivity contribution in [3.05, 3.63) is 82.0 Å². The molecule has 1 heterocycles. The Morgan fingerprint density at radius 1 is 0.969 bits per heavy atom. The molecule has 0 radical (unpaired) electrons. The van der Waals surface area contributed by atoms with Crippen molar-refractivity contribution in [2.75, 3.05) is 7.11 Å². The Bertz CT molecular complexity index is 1110. The molecule has 0 unspecified atom stereocenters. The van der Waals surface area contributed by atoms with Gasteiger partial charge in [-0.3, -0.25) is 9.59 Å². The summed E-state index contributed by atoms with van der Waals surface area (Å²) >= 11 is 1.51. The van der Waals surface area contributed by atoms with Gasteiger partial charge in [-0.25, -0.2) is 0 Å². The lowest BCUT2D eigenvalue weighted by Gasteiger charge is -2.56. The summed E-state index contributed by atoms with van der Waals surface area (Å²) in [5.41, 5.74) is 4.92. The molecule has 1 spiro atoms. The van der Waals surface area contributed by atoms with Gasteiger partial charge in [-0.1, -0.05) is 54.6 Å². The highest BCUT2D eigenvalue weighted by Crippen LogP contribution is 2.59. The molecule has 0 bridgehead atoms. The molecule has 4 nitrogen and oxygen atoms in total. The predicted molar refractivity (Wildman–Crippen MR) is 127 cm³/mol. The van der Waals surface area contributed by atoms with Gasteiger partial charge in [-0.2, -0.15) is 0 Å². The van der Waals surface area contributed by atoms with Gasteiger partial charge < -0.3 is 10.1 Å². The summed E-state index contributed by atoms with van der Waals surface area (Å²) < 4.78 is 4.84. The Hall–Kier alpha value is -2.92. The molecular weight excluding hydrogens is 418 g/mol. The van der Waals surface area contributed by atoms with Crippen LogP contribution in [0.2, 0.25) is 0 Å². The molecule has 1 aromatic heterocycles. The Morgan fingerprint density at radius 3 is 2.34 bits per heavy atom. The summed E-state index contributed by atoms with van der Waals surface area (Å²) in [6.45, 7) is 0. The van der Waals surface area contributed by atoms with Crippen molar-refractivity contribution in [3.8, 4) is 11.1 Å². The van der Waals surface area contributed by atoms with Crippen molar-refractivity contribution >= 4 is 23.2 Å². The monoisotopic (exact) mass is 445 g/mol. The number of nitrogens with one attached hydrogen (secondary N) is 1. The number of hydrogen-bond acceptors (Lipinski definition) is 4. The summed E-state index contributed by atoms with van der Waals surface area (Å²) in [6.07, 6.45) is 4.48. The number of amides is 1. The quantitative estimate of drug-likeness (QED) is 0.512. The minimum Gasteiger partial charge on any atom is -0.469 e. The lowest BCUT2D eigenvalue weighted by molar-refractivity contribution is -0.159. The zero-order valence-corrected chi connectivity index (χ0v) is 19.0. The first kappa shape index (κ1) is 21.0. The van der Waals surface area contributed by atoms with E-state index in [-0.39, 0.29) is 29.3 Å². The third-order valence-corrected chi connectivity index (χ3v) is 7.95. The molecule has 164 valence electrons. The first-order valence-electron chi connectivity index (χ1n) is 11.1. The van der Waals surface area contributed by atoms with Crippen LogP contribution in [0.4, 0.5) is 0 Å². The second-order valence-electron chi connectivity index (χ2n) is 9.22. The molecule has 3 aromatic rings. The van der Waals surface area contributed by atoms with E-state index >= 15 is 0 Å². The van der Waals surface area contributed by atoms with Crippen LogP contribution in [0.1, 0.15) is 46.5 Å². The minimum absolute atomic E-state index is 0.0274. The van der Waals surface area contributed by atoms with E-state index in [0.29, 0.717) is 0 Å². The fourth-order valence-corrected chi connectivity index (χ4v) is 6.16. The second kappa shape index (κ2) is 8.55. The van der Waals surface area contributed by atoms with E-state index in [1.54, 1.807) is 0 Å². The Balaban J connectivity index is 1.17. The highest BCUT2D eigenvalue weighted by molar-refractivity contribution is 7.12. The van der Waals surface area contributed by atoms with Crippen LogP contribution in [0.3, 0.4) is 0 Å². The van der Waals surface area contributed by atoms with Crippen LogP contribution in [0.25, 0.3) is 11.1 Å². The summed E-state index contributed by atoms with van der Waals surface area (Å²) in [4.78, 5) is 25.3. The summed E-state index contributed by atoms with van der Waals surface area (Å²) in [7, 11) is 1.45. The Kier molecular flexibility index (Phi) is 5.60. The molecule has 1 amide bonds. The highest BCUT2D eigenvalue weighted by Gasteiger charge is 2.55. The van der Waals surface area contributed by atoms with E-state index in [1.165, 1.54) is 35.1 Å². The van der Waals surface area contributed by atoms with Crippen LogP contribution < -0.4 is 5.32 Å². The number of carbonyl (C=O) groups excluding carboxylic acids is 2. The second-order valence-corrected chi connectivity index (χ2v) is 10.1. The normalized spacial score (nSPS) is 23.8. The van der Waals surface area contributed by atoms with Crippen molar-refractivity contribution in [2.24, 2.45) is 11.3 Å². The van der Waals surface area contributed by atoms with Crippen LogP contribution in [-0.2, 0) is 16.0 Å². The topological polar surface area (TPSA) is 55.4 Å². The van der Waals surface area contributed by atoms with Gasteiger partial charge in [-0.15, -0.1) is 11.3 Å². The maximum atomic E-state index is 12.9. The van der Waals surface area contributed by atoms with Gasteiger partial charge in [0.1, 0.15) is 0 Å². The first-order chi connectivity index (χ1) is 15.5. The average Bonchev–Trinajstić information content (AvgIpc) is 3.23. The van der Waals surface area contributed by atoms with Gasteiger partial charge >= 0.3 is 5.97 Å². The fraction of sp³-hybridized carbons (Fsp3) is 0.333. The summed E-state index contributed by atoms with van der Waals surface area (Å²) in [5, 5.41) is 5.21. The fourth-order valence-electron chi connectivity index (χ4n) is 5.33. The van der Waals surface area contributed by atoms with Crippen LogP contribution in [0.15, 0.2) is 66.0 Å². The van der Waals surface area contributed by atoms with Crippen molar-refractivity contribution < 1.29 is 14.3 Å². The van der Waals surface area contributed by atoms with E-state index in [1.807, 2.05) is 23.6 Å². The highest BCUT2D eigenvalue weighted by atomic mass is 32.1.